The lowest BCUT2D eigenvalue weighted by atomic mass is 9.88. The molecule has 2 aliphatic rings. The van der Waals surface area contributed by atoms with Crippen LogP contribution in [0.3, 0.4) is 0 Å². The van der Waals surface area contributed by atoms with Crippen molar-refractivity contribution < 1.29 is 4.74 Å². The lowest BCUT2D eigenvalue weighted by molar-refractivity contribution is 0.335. The minimum absolute atomic E-state index is 0.210. The Hall–Kier alpha value is -1.59. The Morgan fingerprint density at radius 3 is 2.74 bits per heavy atom. The smallest absolute Gasteiger partial charge is 0.322 e. The van der Waals surface area contributed by atoms with Crippen LogP contribution in [-0.4, -0.2) is 35.7 Å². The standard InChI is InChI=1S/C13H21N5O/c1-18(7-10-6-8-3-4-9(10)5-8)12-15-11(14)16-13(17-12)19-2/h8-10H,3-7H2,1-2H3,(H2,14,15,16,17). The van der Waals surface area contributed by atoms with E-state index in [-0.39, 0.29) is 12.0 Å². The Labute approximate surface area is 113 Å². The number of hydrogen-bond acceptors (Lipinski definition) is 6. The second kappa shape index (κ2) is 4.83. The molecule has 0 amide bonds. The highest BCUT2D eigenvalue weighted by molar-refractivity contribution is 5.35. The van der Waals surface area contributed by atoms with Crippen molar-refractivity contribution >= 4 is 11.9 Å². The average molecular weight is 263 g/mol. The van der Waals surface area contributed by atoms with E-state index in [4.69, 9.17) is 10.5 Å². The zero-order valence-electron chi connectivity index (χ0n) is 11.5. The van der Waals surface area contributed by atoms with Gasteiger partial charge in [0.1, 0.15) is 0 Å². The van der Waals surface area contributed by atoms with Crippen LogP contribution in [0.2, 0.25) is 0 Å². The zero-order chi connectivity index (χ0) is 13.4. The Kier molecular flexibility index (Phi) is 3.16. The molecule has 6 nitrogen and oxygen atoms in total. The lowest BCUT2D eigenvalue weighted by Gasteiger charge is -2.27. The molecule has 19 heavy (non-hydrogen) atoms. The Balaban J connectivity index is 1.70. The van der Waals surface area contributed by atoms with Crippen molar-refractivity contribution in [2.24, 2.45) is 17.8 Å². The van der Waals surface area contributed by atoms with E-state index in [1.807, 2.05) is 7.05 Å². The van der Waals surface area contributed by atoms with Gasteiger partial charge in [-0.2, -0.15) is 15.0 Å². The van der Waals surface area contributed by atoms with Crippen LogP contribution in [0.15, 0.2) is 0 Å². The van der Waals surface area contributed by atoms with Gasteiger partial charge in [0.15, 0.2) is 0 Å². The summed E-state index contributed by atoms with van der Waals surface area (Å²) < 4.78 is 5.04. The molecular formula is C13H21N5O. The first kappa shape index (κ1) is 12.4. The van der Waals surface area contributed by atoms with Crippen LogP contribution in [0, 0.1) is 17.8 Å². The molecule has 0 saturated heterocycles. The topological polar surface area (TPSA) is 77.2 Å². The maximum Gasteiger partial charge on any atom is 0.322 e. The normalized spacial score (nSPS) is 28.6. The fourth-order valence-electron chi connectivity index (χ4n) is 3.66. The molecule has 2 saturated carbocycles. The third-order valence-corrected chi connectivity index (χ3v) is 4.54. The van der Waals surface area contributed by atoms with E-state index >= 15 is 0 Å². The third kappa shape index (κ3) is 2.43. The fraction of sp³-hybridized carbons (Fsp3) is 0.769. The highest BCUT2D eigenvalue weighted by Gasteiger charge is 2.39. The summed E-state index contributed by atoms with van der Waals surface area (Å²) in [5.74, 6) is 3.44. The molecule has 3 unspecified atom stereocenters. The van der Waals surface area contributed by atoms with Gasteiger partial charge in [-0.05, 0) is 37.0 Å². The predicted molar refractivity (Wildman–Crippen MR) is 73.0 cm³/mol. The van der Waals surface area contributed by atoms with Crippen molar-refractivity contribution in [3.63, 3.8) is 0 Å². The number of nitrogen functional groups attached to an aromatic ring is 1. The molecule has 3 atom stereocenters. The maximum atomic E-state index is 5.67. The molecule has 2 N–H and O–H groups in total. The van der Waals surface area contributed by atoms with Crippen LogP contribution in [0.1, 0.15) is 25.7 Å². The highest BCUT2D eigenvalue weighted by atomic mass is 16.5. The molecule has 104 valence electrons. The van der Waals surface area contributed by atoms with Crippen molar-refractivity contribution in [1.29, 1.82) is 0 Å². The number of nitrogens with zero attached hydrogens (tertiary/aromatic N) is 4. The molecule has 0 aromatic carbocycles. The van der Waals surface area contributed by atoms with Gasteiger partial charge in [0.25, 0.3) is 0 Å². The quantitative estimate of drug-likeness (QED) is 0.883. The summed E-state index contributed by atoms with van der Waals surface area (Å²) >= 11 is 0. The summed E-state index contributed by atoms with van der Waals surface area (Å²) in [7, 11) is 3.55. The first-order valence-corrected chi connectivity index (χ1v) is 6.92. The number of rotatable bonds is 4. The number of ether oxygens (including phenoxy) is 1. The van der Waals surface area contributed by atoms with Crippen molar-refractivity contribution in [3.05, 3.63) is 0 Å². The second-order valence-electron chi connectivity index (χ2n) is 5.80. The lowest BCUT2D eigenvalue weighted by Crippen LogP contribution is -2.30. The van der Waals surface area contributed by atoms with Gasteiger partial charge in [0.2, 0.25) is 11.9 Å². The van der Waals surface area contributed by atoms with E-state index in [1.54, 1.807) is 0 Å². The molecule has 0 aliphatic heterocycles. The van der Waals surface area contributed by atoms with Gasteiger partial charge in [-0.1, -0.05) is 6.42 Å². The van der Waals surface area contributed by atoms with Crippen LogP contribution in [0.5, 0.6) is 6.01 Å². The summed E-state index contributed by atoms with van der Waals surface area (Å²) in [5, 5.41) is 0. The Bertz CT molecular complexity index is 466. The summed E-state index contributed by atoms with van der Waals surface area (Å²) in [4.78, 5) is 14.4. The molecule has 2 aliphatic carbocycles. The minimum atomic E-state index is 0.210. The van der Waals surface area contributed by atoms with Crippen LogP contribution in [0.25, 0.3) is 0 Å². The van der Waals surface area contributed by atoms with Crippen molar-refractivity contribution in [2.75, 3.05) is 31.3 Å². The van der Waals surface area contributed by atoms with Gasteiger partial charge in [0, 0.05) is 13.6 Å². The average Bonchev–Trinajstić information content (AvgIpc) is 3.00. The molecule has 2 fully saturated rings. The van der Waals surface area contributed by atoms with Crippen LogP contribution in [-0.2, 0) is 0 Å². The van der Waals surface area contributed by atoms with Crippen LogP contribution < -0.4 is 15.4 Å². The van der Waals surface area contributed by atoms with Crippen LogP contribution in [0.4, 0.5) is 11.9 Å². The maximum absolute atomic E-state index is 5.67. The largest absolute Gasteiger partial charge is 0.467 e. The van der Waals surface area contributed by atoms with Gasteiger partial charge in [-0.15, -0.1) is 0 Å². The summed E-state index contributed by atoms with van der Waals surface area (Å²) in [6.07, 6.45) is 5.59. The number of nitrogens with two attached hydrogens (primary N) is 1. The van der Waals surface area contributed by atoms with Gasteiger partial charge < -0.3 is 15.4 Å². The second-order valence-corrected chi connectivity index (χ2v) is 5.80. The van der Waals surface area contributed by atoms with Crippen molar-refractivity contribution in [1.82, 2.24) is 15.0 Å². The molecule has 1 aromatic heterocycles. The monoisotopic (exact) mass is 263 g/mol. The van der Waals surface area contributed by atoms with Crippen molar-refractivity contribution in [3.8, 4) is 6.01 Å². The number of methoxy groups -OCH3 is 1. The summed E-state index contributed by atoms with van der Waals surface area (Å²) in [6.45, 7) is 0.994. The predicted octanol–water partition coefficient (Wildman–Crippen LogP) is 1.33. The number of fused-ring (bicyclic) bond motifs is 2. The minimum Gasteiger partial charge on any atom is -0.467 e. The number of aromatic nitrogens is 3. The van der Waals surface area contributed by atoms with Gasteiger partial charge in [0.05, 0.1) is 7.11 Å². The molecular weight excluding hydrogens is 242 g/mol. The highest BCUT2D eigenvalue weighted by Crippen LogP contribution is 2.48. The van der Waals surface area contributed by atoms with E-state index in [0.717, 1.165) is 24.3 Å². The third-order valence-electron chi connectivity index (χ3n) is 4.54. The number of anilines is 2. The Morgan fingerprint density at radius 1 is 1.26 bits per heavy atom. The van der Waals surface area contributed by atoms with E-state index in [9.17, 15) is 0 Å². The Morgan fingerprint density at radius 2 is 2.11 bits per heavy atom. The van der Waals surface area contributed by atoms with Crippen LogP contribution >= 0.6 is 0 Å². The van der Waals surface area contributed by atoms with E-state index in [2.05, 4.69) is 19.9 Å². The van der Waals surface area contributed by atoms with E-state index in [0.29, 0.717) is 5.95 Å². The fourth-order valence-corrected chi connectivity index (χ4v) is 3.66. The molecule has 0 radical (unpaired) electrons. The molecule has 1 heterocycles. The first-order valence-electron chi connectivity index (χ1n) is 6.92. The van der Waals surface area contributed by atoms with E-state index < -0.39 is 0 Å². The van der Waals surface area contributed by atoms with Gasteiger partial charge >= 0.3 is 6.01 Å². The first-order chi connectivity index (χ1) is 9.15. The zero-order valence-corrected chi connectivity index (χ0v) is 11.5. The molecule has 1 aromatic rings. The molecule has 3 rings (SSSR count). The summed E-state index contributed by atoms with van der Waals surface area (Å²) in [5.41, 5.74) is 5.67. The molecule has 0 spiro atoms. The molecule has 2 bridgehead atoms. The van der Waals surface area contributed by atoms with Gasteiger partial charge in [-0.25, -0.2) is 0 Å². The summed E-state index contributed by atoms with van der Waals surface area (Å²) in [6, 6.07) is 0.280. The van der Waals surface area contributed by atoms with E-state index in [1.165, 1.54) is 32.8 Å². The SMILES string of the molecule is COc1nc(N)nc(N(C)CC2CC3CCC2C3)n1. The molecule has 6 heteroatoms. The number of hydrogen-bond donors (Lipinski definition) is 1. The van der Waals surface area contributed by atoms with Gasteiger partial charge in [-0.3, -0.25) is 0 Å². The van der Waals surface area contributed by atoms with Crippen molar-refractivity contribution in [2.45, 2.75) is 25.7 Å².